The highest BCUT2D eigenvalue weighted by molar-refractivity contribution is 5.76. The van der Waals surface area contributed by atoms with Crippen LogP contribution in [-0.2, 0) is 38.0 Å². The SMILES string of the molecule is C=CCCCCCCCCCO[C@@H]1O[C@H](CO)[C@@H](O[C@@H]2O[C@H](CO)[C@H](O)[C@H](O[C@]3(C(=O)O)C[C@H](O)[C@@H](NC(C)=O)[C@H]([C@H](O)[C@H](O)CO)O3)[C@H]2O)[C@H](O)[C@H]1O. The summed E-state index contributed by atoms with van der Waals surface area (Å²) in [4.78, 5) is 24.6. The van der Waals surface area contributed by atoms with Crippen LogP contribution in [0.5, 0.6) is 0 Å². The first-order chi connectivity index (χ1) is 25.7. The molecule has 16 atom stereocenters. The minimum absolute atomic E-state index is 0.179. The van der Waals surface area contributed by atoms with Crippen molar-refractivity contribution in [3.05, 3.63) is 12.7 Å². The van der Waals surface area contributed by atoms with Gasteiger partial charge in [-0.3, -0.25) is 4.79 Å². The number of aliphatic carboxylic acids is 1. The predicted molar refractivity (Wildman–Crippen MR) is 181 cm³/mol. The number of aliphatic hydroxyl groups excluding tert-OH is 10. The van der Waals surface area contributed by atoms with Gasteiger partial charge in [-0.2, -0.15) is 0 Å². The molecule has 1 amide bonds. The number of hydrogen-bond donors (Lipinski definition) is 12. The maximum atomic E-state index is 12.7. The van der Waals surface area contributed by atoms with Gasteiger partial charge < -0.3 is 89.9 Å². The third-order valence-corrected chi connectivity index (χ3v) is 9.78. The second kappa shape index (κ2) is 22.1. The van der Waals surface area contributed by atoms with Gasteiger partial charge in [-0.15, -0.1) is 6.58 Å². The Morgan fingerprint density at radius 2 is 1.46 bits per heavy atom. The van der Waals surface area contributed by atoms with Gasteiger partial charge in [0.1, 0.15) is 67.1 Å². The molecule has 0 aliphatic carbocycles. The first-order valence-corrected chi connectivity index (χ1v) is 18.3. The fraction of sp³-hybridized carbons (Fsp3) is 0.882. The fourth-order valence-electron chi connectivity index (χ4n) is 6.76. The number of carboxylic acid groups (broad SMARTS) is 1. The molecular weight excluding hydrogens is 726 g/mol. The van der Waals surface area contributed by atoms with Crippen LogP contribution >= 0.6 is 0 Å². The second-order valence-corrected chi connectivity index (χ2v) is 13.9. The summed E-state index contributed by atoms with van der Waals surface area (Å²) in [6.45, 7) is 2.18. The van der Waals surface area contributed by atoms with Gasteiger partial charge in [-0.25, -0.2) is 4.79 Å². The summed E-state index contributed by atoms with van der Waals surface area (Å²) in [7, 11) is 0. The van der Waals surface area contributed by atoms with Crippen LogP contribution in [0.3, 0.4) is 0 Å². The lowest BCUT2D eigenvalue weighted by Gasteiger charge is -2.50. The highest BCUT2D eigenvalue weighted by atomic mass is 16.8. The molecule has 0 aromatic carbocycles. The molecule has 20 nitrogen and oxygen atoms in total. The molecule has 3 saturated heterocycles. The van der Waals surface area contributed by atoms with E-state index < -0.39 is 136 Å². The molecule has 0 spiro atoms. The molecule has 0 radical (unpaired) electrons. The molecule has 12 N–H and O–H groups in total. The topological polar surface area (TPSA) is 324 Å². The van der Waals surface area contributed by atoms with Gasteiger partial charge in [-0.1, -0.05) is 38.2 Å². The van der Waals surface area contributed by atoms with Gasteiger partial charge in [0.15, 0.2) is 12.6 Å². The van der Waals surface area contributed by atoms with Crippen molar-refractivity contribution >= 4 is 11.9 Å². The third-order valence-electron chi connectivity index (χ3n) is 9.78. The van der Waals surface area contributed by atoms with Crippen molar-refractivity contribution in [3.8, 4) is 0 Å². The first kappa shape index (κ1) is 46.4. The van der Waals surface area contributed by atoms with Crippen molar-refractivity contribution in [1.29, 1.82) is 0 Å². The lowest BCUT2D eigenvalue weighted by atomic mass is 9.88. The third kappa shape index (κ3) is 11.8. The number of carboxylic acids is 1. The zero-order valence-electron chi connectivity index (χ0n) is 30.3. The van der Waals surface area contributed by atoms with Gasteiger partial charge in [-0.05, 0) is 19.3 Å². The Kier molecular flexibility index (Phi) is 19.0. The predicted octanol–water partition coefficient (Wildman–Crippen LogP) is -3.89. The Morgan fingerprint density at radius 1 is 0.852 bits per heavy atom. The van der Waals surface area contributed by atoms with Crippen LogP contribution in [0.1, 0.15) is 64.7 Å². The average molecular weight is 786 g/mol. The van der Waals surface area contributed by atoms with E-state index in [1.165, 1.54) is 0 Å². The Hall–Kier alpha value is -1.96. The summed E-state index contributed by atoms with van der Waals surface area (Å²) in [6, 6.07) is -1.54. The molecule has 0 aromatic heterocycles. The van der Waals surface area contributed by atoms with Crippen LogP contribution in [0.15, 0.2) is 12.7 Å². The molecule has 3 fully saturated rings. The van der Waals surface area contributed by atoms with Gasteiger partial charge in [0.2, 0.25) is 5.91 Å². The van der Waals surface area contributed by atoms with E-state index in [0.29, 0.717) is 6.42 Å². The van der Waals surface area contributed by atoms with Crippen molar-refractivity contribution < 1.29 is 94.2 Å². The molecule has 3 aliphatic heterocycles. The zero-order chi connectivity index (χ0) is 40.2. The average Bonchev–Trinajstić information content (AvgIpc) is 3.14. The van der Waals surface area contributed by atoms with Crippen LogP contribution in [0.2, 0.25) is 0 Å². The summed E-state index contributed by atoms with van der Waals surface area (Å²) in [6.07, 6.45) is -16.8. The number of carbonyl (C=O) groups is 2. The summed E-state index contributed by atoms with van der Waals surface area (Å²) >= 11 is 0. The number of carbonyl (C=O) groups excluding carboxylic acids is 1. The quantitative estimate of drug-likeness (QED) is 0.0369. The standard InChI is InChI=1S/C34H59NO19/c1-3-4-5-6-7-8-9-10-11-12-49-31-26(45)25(44)28(21(16-38)51-31)52-32-27(46)30(24(43)20(15-37)50-32)54-34(33(47)48)13-18(40)22(35-17(2)39)29(53-34)23(42)19(41)14-36/h3,18-32,36-38,40-46H,1,4-16H2,2H3,(H,35,39)(H,47,48)/t18-,19+,20+,21+,22+,23+,24-,25+,26+,27+,28+,29+,30-,31+,32-,34-/m0/s1. The molecule has 0 unspecified atom stereocenters. The number of unbranched alkanes of at least 4 members (excludes halogenated alkanes) is 7. The Bertz CT molecular complexity index is 1150. The number of hydrogen-bond acceptors (Lipinski definition) is 18. The van der Waals surface area contributed by atoms with Gasteiger partial charge >= 0.3 is 5.97 Å². The molecule has 20 heteroatoms. The number of rotatable bonds is 22. The normalized spacial score (nSPS) is 38.4. The molecule has 3 heterocycles. The second-order valence-electron chi connectivity index (χ2n) is 13.9. The molecule has 314 valence electrons. The number of allylic oxidation sites excluding steroid dienone is 1. The molecule has 0 aromatic rings. The molecule has 3 aliphatic rings. The van der Waals surface area contributed by atoms with E-state index in [1.54, 1.807) is 0 Å². The van der Waals surface area contributed by atoms with Crippen LogP contribution in [0.25, 0.3) is 0 Å². The maximum absolute atomic E-state index is 12.7. The largest absolute Gasteiger partial charge is 0.477 e. The van der Waals surface area contributed by atoms with Gasteiger partial charge in [0.25, 0.3) is 5.79 Å². The van der Waals surface area contributed by atoms with Crippen LogP contribution in [0, 0.1) is 0 Å². The molecule has 54 heavy (non-hydrogen) atoms. The molecule has 0 saturated carbocycles. The van der Waals surface area contributed by atoms with E-state index in [9.17, 15) is 65.8 Å². The van der Waals surface area contributed by atoms with Gasteiger partial charge in [0.05, 0.1) is 32.0 Å². The van der Waals surface area contributed by atoms with E-state index >= 15 is 0 Å². The summed E-state index contributed by atoms with van der Waals surface area (Å²) < 4.78 is 33.8. The van der Waals surface area contributed by atoms with E-state index in [1.807, 2.05) is 6.08 Å². The van der Waals surface area contributed by atoms with Crippen molar-refractivity contribution in [2.24, 2.45) is 0 Å². The number of nitrogens with one attached hydrogen (secondary N) is 1. The van der Waals surface area contributed by atoms with Crippen LogP contribution in [-0.4, -0.2) is 192 Å². The highest BCUT2D eigenvalue weighted by Gasteiger charge is 2.60. The Labute approximate surface area is 312 Å². The lowest BCUT2D eigenvalue weighted by Crippen LogP contribution is -2.70. The Morgan fingerprint density at radius 3 is 2.04 bits per heavy atom. The lowest BCUT2D eigenvalue weighted by molar-refractivity contribution is -0.386. The zero-order valence-corrected chi connectivity index (χ0v) is 30.3. The molecule has 3 rings (SSSR count). The van der Waals surface area contributed by atoms with Crippen LogP contribution in [0.4, 0.5) is 0 Å². The molecular formula is C34H59NO19. The first-order valence-electron chi connectivity index (χ1n) is 18.3. The van der Waals surface area contributed by atoms with Gasteiger partial charge in [0, 0.05) is 20.0 Å². The minimum Gasteiger partial charge on any atom is -0.477 e. The van der Waals surface area contributed by atoms with Crippen molar-refractivity contribution in [2.75, 3.05) is 26.4 Å². The maximum Gasteiger partial charge on any atom is 0.364 e. The van der Waals surface area contributed by atoms with E-state index in [2.05, 4.69) is 11.9 Å². The minimum atomic E-state index is -3.02. The van der Waals surface area contributed by atoms with E-state index in [-0.39, 0.29) is 6.61 Å². The monoisotopic (exact) mass is 785 g/mol. The number of ether oxygens (including phenoxy) is 6. The smallest absolute Gasteiger partial charge is 0.364 e. The number of aliphatic hydroxyl groups is 10. The molecule has 0 bridgehead atoms. The summed E-state index contributed by atoms with van der Waals surface area (Å²) in [5.41, 5.74) is 0. The van der Waals surface area contributed by atoms with E-state index in [0.717, 1.165) is 51.9 Å². The fourth-order valence-corrected chi connectivity index (χ4v) is 6.76. The van der Waals surface area contributed by atoms with Crippen molar-refractivity contribution in [2.45, 2.75) is 162 Å². The Balaban J connectivity index is 1.73. The number of amides is 1. The van der Waals surface area contributed by atoms with Crippen molar-refractivity contribution in [1.82, 2.24) is 5.32 Å². The van der Waals surface area contributed by atoms with E-state index in [4.69, 9.17) is 28.4 Å². The van der Waals surface area contributed by atoms with Crippen LogP contribution < -0.4 is 5.32 Å². The summed E-state index contributed by atoms with van der Waals surface area (Å²) in [5, 5.41) is 118. The summed E-state index contributed by atoms with van der Waals surface area (Å²) in [5.74, 6) is -5.71. The highest BCUT2D eigenvalue weighted by Crippen LogP contribution is 2.38. The van der Waals surface area contributed by atoms with Crippen molar-refractivity contribution in [3.63, 3.8) is 0 Å².